The largest absolute Gasteiger partial charge is 0.383 e. The molecule has 1 rings (SSSR count). The van der Waals surface area contributed by atoms with Crippen LogP contribution in [0.4, 0.5) is 4.79 Å². The van der Waals surface area contributed by atoms with E-state index in [0.717, 1.165) is 12.8 Å². The molecule has 5 nitrogen and oxygen atoms in total. The van der Waals surface area contributed by atoms with Crippen molar-refractivity contribution >= 4 is 6.03 Å². The minimum Gasteiger partial charge on any atom is -0.383 e. The van der Waals surface area contributed by atoms with Crippen molar-refractivity contribution < 1.29 is 14.3 Å². The number of urea groups is 1. The van der Waals surface area contributed by atoms with Gasteiger partial charge in [-0.25, -0.2) is 4.79 Å². The summed E-state index contributed by atoms with van der Waals surface area (Å²) in [5.41, 5.74) is 0. The van der Waals surface area contributed by atoms with Crippen molar-refractivity contribution in [3.63, 3.8) is 0 Å². The Hall–Kier alpha value is -0.810. The molecule has 0 radical (unpaired) electrons. The number of carbonyl (C=O) groups is 1. The normalized spacial score (nSPS) is 17.4. The predicted octanol–water partition coefficient (Wildman–Crippen LogP) is 1.23. The fourth-order valence-electron chi connectivity index (χ4n) is 1.85. The van der Waals surface area contributed by atoms with E-state index in [4.69, 9.17) is 9.47 Å². The zero-order valence-corrected chi connectivity index (χ0v) is 11.1. The van der Waals surface area contributed by atoms with Crippen molar-refractivity contribution in [1.82, 2.24) is 10.2 Å². The van der Waals surface area contributed by atoms with Gasteiger partial charge in [0.15, 0.2) is 0 Å². The molecule has 1 fully saturated rings. The Bertz CT molecular complexity index is 232. The third-order valence-corrected chi connectivity index (χ3v) is 3.17. The highest BCUT2D eigenvalue weighted by atomic mass is 16.5. The first-order valence-electron chi connectivity index (χ1n) is 6.24. The van der Waals surface area contributed by atoms with Gasteiger partial charge in [-0.05, 0) is 26.2 Å². The number of amides is 2. The summed E-state index contributed by atoms with van der Waals surface area (Å²) in [5, 5.41) is 3.04. The predicted molar refractivity (Wildman–Crippen MR) is 66.1 cm³/mol. The van der Waals surface area contributed by atoms with Crippen LogP contribution in [0.1, 0.15) is 26.2 Å². The summed E-state index contributed by atoms with van der Waals surface area (Å²) >= 11 is 0. The maximum absolute atomic E-state index is 12.1. The third-order valence-electron chi connectivity index (χ3n) is 3.17. The van der Waals surface area contributed by atoms with E-state index in [0.29, 0.717) is 25.8 Å². The van der Waals surface area contributed by atoms with Crippen molar-refractivity contribution in [1.29, 1.82) is 0 Å². The number of methoxy groups -OCH3 is 2. The number of hydrogen-bond donors (Lipinski definition) is 1. The molecule has 0 aromatic carbocycles. The summed E-state index contributed by atoms with van der Waals surface area (Å²) in [6.07, 6.45) is 3.42. The Morgan fingerprint density at radius 1 is 1.41 bits per heavy atom. The van der Waals surface area contributed by atoms with Gasteiger partial charge in [0.1, 0.15) is 0 Å². The molecule has 1 saturated carbocycles. The van der Waals surface area contributed by atoms with Crippen LogP contribution in [0.3, 0.4) is 0 Å². The Morgan fingerprint density at radius 3 is 2.59 bits per heavy atom. The maximum atomic E-state index is 12.1. The quantitative estimate of drug-likeness (QED) is 0.733. The fraction of sp³-hybridized carbons (Fsp3) is 0.917. The van der Waals surface area contributed by atoms with Crippen molar-refractivity contribution in [3.8, 4) is 0 Å². The molecule has 0 aromatic heterocycles. The summed E-state index contributed by atoms with van der Waals surface area (Å²) in [4.78, 5) is 13.9. The van der Waals surface area contributed by atoms with E-state index in [-0.39, 0.29) is 12.1 Å². The van der Waals surface area contributed by atoms with Gasteiger partial charge in [0.2, 0.25) is 0 Å². The van der Waals surface area contributed by atoms with Crippen molar-refractivity contribution in [2.24, 2.45) is 0 Å². The zero-order valence-electron chi connectivity index (χ0n) is 11.1. The van der Waals surface area contributed by atoms with Crippen LogP contribution >= 0.6 is 0 Å². The molecule has 0 spiro atoms. The highest BCUT2D eigenvalue weighted by Crippen LogP contribution is 2.18. The molecule has 17 heavy (non-hydrogen) atoms. The molecule has 5 heteroatoms. The second kappa shape index (κ2) is 7.50. The molecular weight excluding hydrogens is 220 g/mol. The highest BCUT2D eigenvalue weighted by Gasteiger charge is 2.25. The molecular formula is C12H24N2O3. The van der Waals surface area contributed by atoms with Crippen molar-refractivity contribution in [2.45, 2.75) is 38.3 Å². The molecule has 1 atom stereocenters. The average molecular weight is 244 g/mol. The van der Waals surface area contributed by atoms with Gasteiger partial charge in [-0.15, -0.1) is 0 Å². The number of nitrogens with one attached hydrogen (secondary N) is 1. The van der Waals surface area contributed by atoms with Gasteiger partial charge >= 0.3 is 6.03 Å². The van der Waals surface area contributed by atoms with Crippen molar-refractivity contribution in [2.75, 3.05) is 34.0 Å². The monoisotopic (exact) mass is 244 g/mol. The number of nitrogens with zero attached hydrogens (tertiary/aromatic N) is 1. The summed E-state index contributed by atoms with van der Waals surface area (Å²) in [6.45, 7) is 3.67. The van der Waals surface area contributed by atoms with Crippen LogP contribution in [0.2, 0.25) is 0 Å². The van der Waals surface area contributed by atoms with Crippen LogP contribution in [-0.2, 0) is 9.47 Å². The first-order valence-corrected chi connectivity index (χ1v) is 6.24. The maximum Gasteiger partial charge on any atom is 0.318 e. The average Bonchev–Trinajstić information content (AvgIpc) is 2.24. The summed E-state index contributed by atoms with van der Waals surface area (Å²) in [7, 11) is 3.29. The van der Waals surface area contributed by atoms with E-state index in [2.05, 4.69) is 5.32 Å². The minimum absolute atomic E-state index is 0.00343. The first-order chi connectivity index (χ1) is 8.19. The van der Waals surface area contributed by atoms with Crippen LogP contribution in [0.25, 0.3) is 0 Å². The molecule has 1 aliphatic carbocycles. The molecule has 1 unspecified atom stereocenters. The molecule has 0 bridgehead atoms. The van der Waals surface area contributed by atoms with Gasteiger partial charge < -0.3 is 19.7 Å². The van der Waals surface area contributed by atoms with Gasteiger partial charge in [-0.2, -0.15) is 0 Å². The van der Waals surface area contributed by atoms with Gasteiger partial charge in [-0.1, -0.05) is 0 Å². The third kappa shape index (κ3) is 4.52. The standard InChI is InChI=1S/C12H24N2O3/c1-10(9-17-3)14(7-8-16-2)12(15)13-11-5-4-6-11/h10-11H,4-9H2,1-3H3,(H,13,15). The van der Waals surface area contributed by atoms with Crippen LogP contribution in [0.15, 0.2) is 0 Å². The molecule has 1 N–H and O–H groups in total. The highest BCUT2D eigenvalue weighted by molar-refractivity contribution is 5.75. The second-order valence-corrected chi connectivity index (χ2v) is 4.57. The number of ether oxygens (including phenoxy) is 2. The summed E-state index contributed by atoms with van der Waals surface area (Å²) in [6, 6.07) is 0.425. The minimum atomic E-state index is -0.00343. The lowest BCUT2D eigenvalue weighted by Gasteiger charge is -2.33. The van der Waals surface area contributed by atoms with Crippen molar-refractivity contribution in [3.05, 3.63) is 0 Å². The Kier molecular flexibility index (Phi) is 6.29. The molecule has 0 aromatic rings. The lowest BCUT2D eigenvalue weighted by atomic mass is 9.93. The van der Waals surface area contributed by atoms with Crippen LogP contribution in [0, 0.1) is 0 Å². The van der Waals surface area contributed by atoms with E-state index >= 15 is 0 Å². The van der Waals surface area contributed by atoms with E-state index in [9.17, 15) is 4.79 Å². The zero-order chi connectivity index (χ0) is 12.7. The van der Waals surface area contributed by atoms with Crippen LogP contribution in [0.5, 0.6) is 0 Å². The Morgan fingerprint density at radius 2 is 2.12 bits per heavy atom. The molecule has 0 saturated heterocycles. The van der Waals surface area contributed by atoms with Gasteiger partial charge in [0.05, 0.1) is 19.3 Å². The summed E-state index contributed by atoms with van der Waals surface area (Å²) in [5.74, 6) is 0. The number of hydrogen-bond acceptors (Lipinski definition) is 3. The van der Waals surface area contributed by atoms with Crippen LogP contribution in [-0.4, -0.2) is 57.0 Å². The molecule has 0 aliphatic heterocycles. The van der Waals surface area contributed by atoms with E-state index in [1.807, 2.05) is 6.92 Å². The Balaban J connectivity index is 2.43. The fourth-order valence-corrected chi connectivity index (χ4v) is 1.85. The molecule has 2 amide bonds. The number of carbonyl (C=O) groups excluding carboxylic acids is 1. The first kappa shape index (κ1) is 14.3. The molecule has 1 aliphatic rings. The molecule has 0 heterocycles. The second-order valence-electron chi connectivity index (χ2n) is 4.57. The van der Waals surface area contributed by atoms with Gasteiger partial charge in [0, 0.05) is 26.8 Å². The lowest BCUT2D eigenvalue weighted by Crippen LogP contribution is -2.52. The molecule has 100 valence electrons. The summed E-state index contributed by atoms with van der Waals surface area (Å²) < 4.78 is 10.1. The lowest BCUT2D eigenvalue weighted by molar-refractivity contribution is 0.0878. The van der Waals surface area contributed by atoms with Crippen LogP contribution < -0.4 is 5.32 Å². The SMILES string of the molecule is COCCN(C(=O)NC1CCC1)C(C)COC. The van der Waals surface area contributed by atoms with Gasteiger partial charge in [0.25, 0.3) is 0 Å². The Labute approximate surface area is 103 Å². The smallest absolute Gasteiger partial charge is 0.318 e. The van der Waals surface area contributed by atoms with E-state index in [1.165, 1.54) is 6.42 Å². The van der Waals surface area contributed by atoms with E-state index < -0.39 is 0 Å². The number of rotatable bonds is 7. The van der Waals surface area contributed by atoms with E-state index in [1.54, 1.807) is 19.1 Å². The van der Waals surface area contributed by atoms with Gasteiger partial charge in [-0.3, -0.25) is 0 Å². The topological polar surface area (TPSA) is 50.8 Å².